The van der Waals surface area contributed by atoms with E-state index in [9.17, 15) is 28.4 Å². The van der Waals surface area contributed by atoms with Gasteiger partial charge in [0.2, 0.25) is 0 Å². The summed E-state index contributed by atoms with van der Waals surface area (Å²) in [6.07, 6.45) is -1.67. The highest BCUT2D eigenvalue weighted by Gasteiger charge is 2.26. The SMILES string of the molecule is CC(=O)c1cc(C(=O)NN(Cc2ccc(-c3cc(Cl)ccc3F)cc2)CC(O)C(=O)OCC(C)C)n(COP(=O)(O)O)n1. The number of ketones is 1. The number of hydrazine groups is 1. The molecule has 1 atom stereocenters. The molecule has 4 N–H and O–H groups in total. The molecule has 0 bridgehead atoms. The summed E-state index contributed by atoms with van der Waals surface area (Å²) in [6.45, 7) is 3.54. The average molecular weight is 641 g/mol. The number of hydrogen-bond donors (Lipinski definition) is 4. The monoisotopic (exact) mass is 640 g/mol. The van der Waals surface area contributed by atoms with Crippen LogP contribution in [-0.4, -0.2) is 66.6 Å². The lowest BCUT2D eigenvalue weighted by atomic mass is 10.0. The van der Waals surface area contributed by atoms with Crippen molar-refractivity contribution in [3.05, 3.63) is 76.3 Å². The number of nitrogens with one attached hydrogen (secondary N) is 1. The van der Waals surface area contributed by atoms with Crippen LogP contribution in [0.15, 0.2) is 48.5 Å². The van der Waals surface area contributed by atoms with Crippen LogP contribution in [0.4, 0.5) is 4.39 Å². The van der Waals surface area contributed by atoms with Gasteiger partial charge in [-0.1, -0.05) is 49.7 Å². The Morgan fingerprint density at radius 3 is 2.42 bits per heavy atom. The third kappa shape index (κ3) is 10.3. The van der Waals surface area contributed by atoms with Crippen LogP contribution in [-0.2, 0) is 31.9 Å². The Hall–Kier alpha value is -3.49. The van der Waals surface area contributed by atoms with E-state index in [-0.39, 0.29) is 36.0 Å². The lowest BCUT2D eigenvalue weighted by Gasteiger charge is -2.25. The molecule has 232 valence electrons. The van der Waals surface area contributed by atoms with Crippen LogP contribution in [0, 0.1) is 11.7 Å². The van der Waals surface area contributed by atoms with E-state index >= 15 is 0 Å². The van der Waals surface area contributed by atoms with Gasteiger partial charge in [0.15, 0.2) is 18.6 Å². The third-order valence-electron chi connectivity index (χ3n) is 5.77. The van der Waals surface area contributed by atoms with Gasteiger partial charge in [-0.05, 0) is 35.2 Å². The first-order valence-corrected chi connectivity index (χ1v) is 14.8. The molecule has 0 saturated heterocycles. The second-order valence-electron chi connectivity index (χ2n) is 9.90. The zero-order valence-corrected chi connectivity index (χ0v) is 25.1. The van der Waals surface area contributed by atoms with Crippen LogP contribution in [0.2, 0.25) is 5.02 Å². The minimum atomic E-state index is -4.95. The van der Waals surface area contributed by atoms with Gasteiger partial charge >= 0.3 is 13.8 Å². The number of phosphoric ester groups is 1. The number of aliphatic hydroxyl groups is 1. The topological polar surface area (TPSA) is 181 Å². The molecule has 0 fully saturated rings. The Morgan fingerprint density at radius 1 is 1.14 bits per heavy atom. The molecule has 0 spiro atoms. The Kier molecular flexibility index (Phi) is 11.7. The Balaban J connectivity index is 1.86. The maximum Gasteiger partial charge on any atom is 0.471 e. The van der Waals surface area contributed by atoms with Crippen LogP contribution in [0.25, 0.3) is 11.1 Å². The second-order valence-corrected chi connectivity index (χ2v) is 11.6. The van der Waals surface area contributed by atoms with E-state index < -0.39 is 50.7 Å². The molecule has 43 heavy (non-hydrogen) atoms. The Labute approximate surface area is 251 Å². The summed E-state index contributed by atoms with van der Waals surface area (Å²) in [5.41, 5.74) is 3.43. The first-order valence-electron chi connectivity index (χ1n) is 12.9. The van der Waals surface area contributed by atoms with Crippen molar-refractivity contribution in [3.8, 4) is 11.1 Å². The number of carbonyl (C=O) groups excluding carboxylic acids is 3. The highest BCUT2D eigenvalue weighted by atomic mass is 35.5. The van der Waals surface area contributed by atoms with E-state index in [1.807, 2.05) is 13.8 Å². The fourth-order valence-electron chi connectivity index (χ4n) is 3.71. The highest BCUT2D eigenvalue weighted by Crippen LogP contribution is 2.36. The van der Waals surface area contributed by atoms with E-state index in [4.69, 9.17) is 26.1 Å². The fourth-order valence-corrected chi connectivity index (χ4v) is 4.14. The van der Waals surface area contributed by atoms with E-state index in [2.05, 4.69) is 15.0 Å². The number of rotatable bonds is 14. The molecule has 13 nitrogen and oxygen atoms in total. The standard InChI is InChI=1S/C27H31ClFN4O9P/c1-16(2)14-41-27(37)25(35)13-32(12-18-4-6-19(7-5-18)21-10-20(28)8-9-22(21)29)31-26(36)24-11-23(17(3)34)30-33(24)15-42-43(38,39)40/h4-11,16,25,35H,12-15H2,1-3H3,(H,31,36)(H2,38,39,40). The third-order valence-corrected chi connectivity index (χ3v) is 6.46. The van der Waals surface area contributed by atoms with Gasteiger partial charge in [-0.15, -0.1) is 0 Å². The van der Waals surface area contributed by atoms with E-state index in [1.165, 1.54) is 30.1 Å². The molecule has 0 aliphatic heterocycles. The number of aromatic nitrogens is 2. The van der Waals surface area contributed by atoms with E-state index in [1.54, 1.807) is 24.3 Å². The molecule has 0 radical (unpaired) electrons. The highest BCUT2D eigenvalue weighted by molar-refractivity contribution is 7.46. The van der Waals surface area contributed by atoms with Gasteiger partial charge in [-0.3, -0.25) is 19.5 Å². The Bertz CT molecular complexity index is 1510. The first kappa shape index (κ1) is 34.0. The molecule has 16 heteroatoms. The zero-order valence-electron chi connectivity index (χ0n) is 23.4. The number of hydrogen-bond acceptors (Lipinski definition) is 9. The van der Waals surface area contributed by atoms with Crippen molar-refractivity contribution in [1.29, 1.82) is 0 Å². The molecule has 1 amide bonds. The number of ether oxygens (including phenoxy) is 1. The second kappa shape index (κ2) is 14.8. The number of halogens is 2. The van der Waals surface area contributed by atoms with Crippen LogP contribution in [0.3, 0.4) is 0 Å². The van der Waals surface area contributed by atoms with Crippen LogP contribution < -0.4 is 5.43 Å². The molecule has 1 heterocycles. The zero-order chi connectivity index (χ0) is 31.9. The van der Waals surface area contributed by atoms with Gasteiger partial charge in [0.1, 0.15) is 17.2 Å². The van der Waals surface area contributed by atoms with Crippen molar-refractivity contribution >= 4 is 37.1 Å². The number of carbonyl (C=O) groups is 3. The summed E-state index contributed by atoms with van der Waals surface area (Å²) in [5.74, 6) is -2.80. The van der Waals surface area contributed by atoms with Crippen molar-refractivity contribution in [2.45, 2.75) is 40.2 Å². The van der Waals surface area contributed by atoms with Gasteiger partial charge in [-0.2, -0.15) is 5.10 Å². The van der Waals surface area contributed by atoms with E-state index in [0.29, 0.717) is 16.1 Å². The predicted molar refractivity (Wildman–Crippen MR) is 152 cm³/mol. The van der Waals surface area contributed by atoms with Crippen LogP contribution in [0.5, 0.6) is 0 Å². The maximum atomic E-state index is 14.3. The predicted octanol–water partition coefficient (Wildman–Crippen LogP) is 3.32. The van der Waals surface area contributed by atoms with Crippen molar-refractivity contribution < 1.29 is 47.5 Å². The summed E-state index contributed by atoms with van der Waals surface area (Å²) in [6, 6.07) is 11.8. The molecule has 3 aromatic rings. The fraction of sp³-hybridized carbons (Fsp3) is 0.333. The number of Topliss-reactive ketones (excluding diaryl/α,β-unsaturated/α-hetero) is 1. The largest absolute Gasteiger partial charge is 0.471 e. The molecule has 1 aromatic heterocycles. The van der Waals surface area contributed by atoms with Crippen molar-refractivity contribution in [2.75, 3.05) is 13.2 Å². The molecule has 2 aromatic carbocycles. The number of amides is 1. The minimum absolute atomic E-state index is 0.0147. The van der Waals surface area contributed by atoms with Crippen molar-refractivity contribution in [3.63, 3.8) is 0 Å². The van der Waals surface area contributed by atoms with Gasteiger partial charge < -0.3 is 19.6 Å². The number of aliphatic hydroxyl groups excluding tert-OH is 1. The van der Waals surface area contributed by atoms with Gasteiger partial charge in [0.25, 0.3) is 5.91 Å². The normalized spacial score (nSPS) is 12.4. The molecule has 3 rings (SSSR count). The van der Waals surface area contributed by atoms with Crippen LogP contribution in [0.1, 0.15) is 47.3 Å². The quantitative estimate of drug-likeness (QED) is 0.0878. The van der Waals surface area contributed by atoms with E-state index in [0.717, 1.165) is 10.7 Å². The minimum Gasteiger partial charge on any atom is -0.463 e. The molecule has 0 aliphatic carbocycles. The summed E-state index contributed by atoms with van der Waals surface area (Å²) >= 11 is 6.00. The lowest BCUT2D eigenvalue weighted by Crippen LogP contribution is -2.48. The first-order chi connectivity index (χ1) is 20.1. The van der Waals surface area contributed by atoms with Crippen molar-refractivity contribution in [1.82, 2.24) is 20.2 Å². The maximum absolute atomic E-state index is 14.3. The molecular formula is C27H31ClFN4O9P. The summed E-state index contributed by atoms with van der Waals surface area (Å²) in [4.78, 5) is 55.6. The van der Waals surface area contributed by atoms with Crippen molar-refractivity contribution in [2.24, 2.45) is 5.92 Å². The Morgan fingerprint density at radius 2 is 1.81 bits per heavy atom. The number of nitrogens with zero attached hydrogens (tertiary/aromatic N) is 3. The molecular weight excluding hydrogens is 610 g/mol. The average Bonchev–Trinajstić information content (AvgIpc) is 3.37. The summed E-state index contributed by atoms with van der Waals surface area (Å²) in [5, 5.41) is 15.9. The van der Waals surface area contributed by atoms with Gasteiger partial charge in [0.05, 0.1) is 13.2 Å². The van der Waals surface area contributed by atoms with Gasteiger partial charge in [0, 0.05) is 30.1 Å². The summed E-state index contributed by atoms with van der Waals surface area (Å²) < 4.78 is 35.8. The van der Waals surface area contributed by atoms with Gasteiger partial charge in [-0.25, -0.2) is 23.4 Å². The number of phosphoric acid groups is 1. The smallest absolute Gasteiger partial charge is 0.463 e. The summed E-state index contributed by atoms with van der Waals surface area (Å²) in [7, 11) is -4.95. The molecule has 0 aliphatic rings. The van der Waals surface area contributed by atoms with Crippen LogP contribution >= 0.6 is 19.4 Å². The lowest BCUT2D eigenvalue weighted by molar-refractivity contribution is -0.156. The molecule has 1 unspecified atom stereocenters. The number of esters is 1. The molecule has 0 saturated carbocycles. The number of benzene rings is 2.